The van der Waals surface area contributed by atoms with Crippen LogP contribution in [0.15, 0.2) is 42.5 Å². The summed E-state index contributed by atoms with van der Waals surface area (Å²) >= 11 is 0. The van der Waals surface area contributed by atoms with Gasteiger partial charge in [0.25, 0.3) is 5.91 Å². The number of hydrogen-bond donors (Lipinski definition) is 0. The monoisotopic (exact) mass is 363 g/mol. The number of rotatable bonds is 5. The number of benzene rings is 2. The molecule has 1 saturated heterocycles. The summed E-state index contributed by atoms with van der Waals surface area (Å²) in [5.74, 6) is -0.815. The lowest BCUT2D eigenvalue weighted by Crippen LogP contribution is -2.47. The summed E-state index contributed by atoms with van der Waals surface area (Å²) < 4.78 is 43.3. The van der Waals surface area contributed by atoms with Crippen molar-refractivity contribution in [1.82, 2.24) is 4.90 Å². The topological polar surface area (TPSA) is 48.0 Å². The van der Waals surface area contributed by atoms with E-state index in [4.69, 9.17) is 14.2 Å². The Balaban J connectivity index is 1.62. The standard InChI is InChI=1S/C19H19F2NO4/c1-24-17-4-2-3-5-18(17)26-12-16-11-22(6-7-25-16)19(23)13-8-14(20)10-15(21)9-13/h2-5,8-10,16H,6-7,11-12H2,1H3/t16-/m1/s1. The van der Waals surface area contributed by atoms with Crippen LogP contribution in [0, 0.1) is 11.6 Å². The number of para-hydroxylation sites is 2. The number of carbonyl (C=O) groups excluding carboxylic acids is 1. The van der Waals surface area contributed by atoms with Crippen LogP contribution in [0.3, 0.4) is 0 Å². The van der Waals surface area contributed by atoms with Crippen molar-refractivity contribution in [3.05, 3.63) is 59.7 Å². The Morgan fingerprint density at radius 2 is 1.88 bits per heavy atom. The summed E-state index contributed by atoms with van der Waals surface area (Å²) in [5, 5.41) is 0. The smallest absolute Gasteiger partial charge is 0.254 e. The lowest BCUT2D eigenvalue weighted by Gasteiger charge is -2.33. The van der Waals surface area contributed by atoms with E-state index in [1.807, 2.05) is 12.1 Å². The third kappa shape index (κ3) is 4.29. The van der Waals surface area contributed by atoms with E-state index < -0.39 is 17.5 Å². The van der Waals surface area contributed by atoms with E-state index >= 15 is 0 Å². The molecular weight excluding hydrogens is 344 g/mol. The van der Waals surface area contributed by atoms with Crippen LogP contribution < -0.4 is 9.47 Å². The van der Waals surface area contributed by atoms with Crippen LogP contribution >= 0.6 is 0 Å². The Morgan fingerprint density at radius 1 is 1.19 bits per heavy atom. The lowest BCUT2D eigenvalue weighted by molar-refractivity contribution is -0.0404. The first-order valence-corrected chi connectivity index (χ1v) is 8.19. The number of methoxy groups -OCH3 is 1. The number of nitrogens with zero attached hydrogens (tertiary/aromatic N) is 1. The second-order valence-electron chi connectivity index (χ2n) is 5.86. The molecule has 0 N–H and O–H groups in total. The Labute approximate surface area is 150 Å². The average Bonchev–Trinajstić information content (AvgIpc) is 2.65. The van der Waals surface area contributed by atoms with Gasteiger partial charge in [-0.05, 0) is 24.3 Å². The number of halogens is 2. The van der Waals surface area contributed by atoms with Gasteiger partial charge < -0.3 is 19.1 Å². The Morgan fingerprint density at radius 3 is 2.58 bits per heavy atom. The van der Waals surface area contributed by atoms with E-state index in [-0.39, 0.29) is 24.8 Å². The highest BCUT2D eigenvalue weighted by Crippen LogP contribution is 2.26. The molecular formula is C19H19F2NO4. The maximum absolute atomic E-state index is 13.3. The Bertz CT molecular complexity index is 764. The van der Waals surface area contributed by atoms with Crippen LogP contribution in [0.1, 0.15) is 10.4 Å². The zero-order chi connectivity index (χ0) is 18.5. The molecule has 1 atom stereocenters. The summed E-state index contributed by atoms with van der Waals surface area (Å²) in [6.07, 6.45) is -0.351. The summed E-state index contributed by atoms with van der Waals surface area (Å²) in [6, 6.07) is 10.0. The molecule has 2 aromatic carbocycles. The SMILES string of the molecule is COc1ccccc1OC[C@H]1CN(C(=O)c2cc(F)cc(F)c2)CCO1. The predicted molar refractivity (Wildman–Crippen MR) is 90.5 cm³/mol. The largest absolute Gasteiger partial charge is 0.493 e. The molecule has 2 aromatic rings. The van der Waals surface area contributed by atoms with Crippen LogP contribution in [0.4, 0.5) is 8.78 Å². The lowest BCUT2D eigenvalue weighted by atomic mass is 10.1. The first-order valence-electron chi connectivity index (χ1n) is 8.19. The Kier molecular flexibility index (Phi) is 5.68. The quantitative estimate of drug-likeness (QED) is 0.820. The minimum Gasteiger partial charge on any atom is -0.493 e. The molecule has 138 valence electrons. The predicted octanol–water partition coefficient (Wildman–Crippen LogP) is 2.89. The molecule has 26 heavy (non-hydrogen) atoms. The maximum atomic E-state index is 13.3. The fourth-order valence-electron chi connectivity index (χ4n) is 2.79. The molecule has 1 heterocycles. The van der Waals surface area contributed by atoms with Crippen molar-refractivity contribution in [3.63, 3.8) is 0 Å². The van der Waals surface area contributed by atoms with E-state index in [0.29, 0.717) is 24.7 Å². The molecule has 0 saturated carbocycles. The summed E-state index contributed by atoms with van der Waals surface area (Å²) in [6.45, 7) is 1.17. The minimum atomic E-state index is -0.780. The number of morpholine rings is 1. The first kappa shape index (κ1) is 18.1. The van der Waals surface area contributed by atoms with Gasteiger partial charge in [-0.25, -0.2) is 8.78 Å². The number of carbonyl (C=O) groups is 1. The van der Waals surface area contributed by atoms with Gasteiger partial charge in [0.1, 0.15) is 24.3 Å². The van der Waals surface area contributed by atoms with Crippen LogP contribution in [0.25, 0.3) is 0 Å². The van der Waals surface area contributed by atoms with Gasteiger partial charge in [0, 0.05) is 18.2 Å². The molecule has 0 spiro atoms. The van der Waals surface area contributed by atoms with E-state index in [2.05, 4.69) is 0 Å². The van der Waals surface area contributed by atoms with E-state index in [1.54, 1.807) is 19.2 Å². The number of hydrogen-bond acceptors (Lipinski definition) is 4. The van der Waals surface area contributed by atoms with Gasteiger partial charge in [-0.1, -0.05) is 12.1 Å². The third-order valence-corrected chi connectivity index (χ3v) is 4.03. The molecule has 7 heteroatoms. The van der Waals surface area contributed by atoms with Gasteiger partial charge in [0.2, 0.25) is 0 Å². The fraction of sp³-hybridized carbons (Fsp3) is 0.316. The van der Waals surface area contributed by atoms with Gasteiger partial charge in [-0.3, -0.25) is 4.79 Å². The summed E-state index contributed by atoms with van der Waals surface area (Å²) in [7, 11) is 1.55. The molecule has 0 aromatic heterocycles. The van der Waals surface area contributed by atoms with Crippen molar-refractivity contribution in [2.24, 2.45) is 0 Å². The molecule has 3 rings (SSSR count). The zero-order valence-electron chi connectivity index (χ0n) is 14.3. The van der Waals surface area contributed by atoms with Crippen LogP contribution in [0.5, 0.6) is 11.5 Å². The molecule has 1 aliphatic rings. The number of amides is 1. The Hall–Kier alpha value is -2.67. The molecule has 0 bridgehead atoms. The van der Waals surface area contributed by atoms with Crippen molar-refractivity contribution in [2.45, 2.75) is 6.10 Å². The van der Waals surface area contributed by atoms with Crippen molar-refractivity contribution in [1.29, 1.82) is 0 Å². The molecule has 0 aliphatic carbocycles. The van der Waals surface area contributed by atoms with E-state index in [9.17, 15) is 13.6 Å². The summed E-state index contributed by atoms with van der Waals surface area (Å²) in [5.41, 5.74) is -0.0196. The van der Waals surface area contributed by atoms with Crippen molar-refractivity contribution in [2.75, 3.05) is 33.4 Å². The molecule has 0 unspecified atom stereocenters. The van der Waals surface area contributed by atoms with Crippen molar-refractivity contribution in [3.8, 4) is 11.5 Å². The van der Waals surface area contributed by atoms with Crippen LogP contribution in [-0.4, -0.2) is 50.3 Å². The van der Waals surface area contributed by atoms with Crippen molar-refractivity contribution >= 4 is 5.91 Å². The van der Waals surface area contributed by atoms with Gasteiger partial charge in [0.05, 0.1) is 20.3 Å². The van der Waals surface area contributed by atoms with E-state index in [0.717, 1.165) is 18.2 Å². The minimum absolute atomic E-state index is 0.0196. The normalized spacial score (nSPS) is 17.0. The van der Waals surface area contributed by atoms with E-state index in [1.165, 1.54) is 4.90 Å². The summed E-state index contributed by atoms with van der Waals surface area (Å²) in [4.78, 5) is 14.0. The zero-order valence-corrected chi connectivity index (χ0v) is 14.3. The van der Waals surface area contributed by atoms with Crippen LogP contribution in [0.2, 0.25) is 0 Å². The highest BCUT2D eigenvalue weighted by molar-refractivity contribution is 5.94. The van der Waals surface area contributed by atoms with Gasteiger partial charge in [0.15, 0.2) is 11.5 Å². The van der Waals surface area contributed by atoms with Gasteiger partial charge >= 0.3 is 0 Å². The second kappa shape index (κ2) is 8.14. The fourth-order valence-corrected chi connectivity index (χ4v) is 2.79. The second-order valence-corrected chi connectivity index (χ2v) is 5.86. The maximum Gasteiger partial charge on any atom is 0.254 e. The highest BCUT2D eigenvalue weighted by Gasteiger charge is 2.26. The molecule has 1 aliphatic heterocycles. The molecule has 0 radical (unpaired) electrons. The third-order valence-electron chi connectivity index (χ3n) is 4.03. The van der Waals surface area contributed by atoms with Gasteiger partial charge in [-0.2, -0.15) is 0 Å². The van der Waals surface area contributed by atoms with Gasteiger partial charge in [-0.15, -0.1) is 0 Å². The first-order chi connectivity index (χ1) is 12.6. The molecule has 1 fully saturated rings. The highest BCUT2D eigenvalue weighted by atomic mass is 19.1. The number of ether oxygens (including phenoxy) is 3. The molecule has 1 amide bonds. The molecule has 5 nitrogen and oxygen atoms in total. The van der Waals surface area contributed by atoms with Crippen molar-refractivity contribution < 1.29 is 27.8 Å². The average molecular weight is 363 g/mol. The van der Waals surface area contributed by atoms with Crippen LogP contribution in [-0.2, 0) is 4.74 Å².